The van der Waals surface area contributed by atoms with Gasteiger partial charge in [0.2, 0.25) is 0 Å². The zero-order valence-corrected chi connectivity index (χ0v) is 30.0. The number of ether oxygens (including phenoxy) is 1. The lowest BCUT2D eigenvalue weighted by atomic mass is 9.34. The zero-order chi connectivity index (χ0) is 33.8. The number of para-hydroxylation sites is 3. The van der Waals surface area contributed by atoms with Crippen LogP contribution in [0.15, 0.2) is 137 Å². The van der Waals surface area contributed by atoms with Crippen LogP contribution >= 0.6 is 11.8 Å². The van der Waals surface area contributed by atoms with Gasteiger partial charge in [-0.05, 0) is 105 Å². The normalized spacial score (nSPS) is 13.2. The van der Waals surface area contributed by atoms with Crippen molar-refractivity contribution < 1.29 is 4.74 Å². The van der Waals surface area contributed by atoms with Gasteiger partial charge in [0.15, 0.2) is 0 Å². The number of fused-ring (bicyclic) bond motifs is 4. The number of benzene rings is 6. The van der Waals surface area contributed by atoms with Crippen molar-refractivity contribution in [1.82, 2.24) is 0 Å². The predicted molar refractivity (Wildman–Crippen MR) is 211 cm³/mol. The molecule has 0 saturated carbocycles. The molecule has 0 N–H and O–H groups in total. The minimum Gasteiger partial charge on any atom is -0.458 e. The Labute approximate surface area is 296 Å². The molecule has 4 heteroatoms. The molecule has 6 aromatic carbocycles. The molecular weight excluding hydrogens is 613 g/mol. The van der Waals surface area contributed by atoms with Crippen LogP contribution < -0.4 is 26.0 Å². The molecule has 242 valence electrons. The number of rotatable bonds is 6. The number of nitrogens with zero attached hydrogens (tertiary/aromatic N) is 1. The van der Waals surface area contributed by atoms with Gasteiger partial charge in [-0.1, -0.05) is 138 Å². The van der Waals surface area contributed by atoms with Gasteiger partial charge in [-0.2, -0.15) is 0 Å². The summed E-state index contributed by atoms with van der Waals surface area (Å²) in [4.78, 5) is 4.92. The fourth-order valence-electron chi connectivity index (χ4n) is 7.58. The van der Waals surface area contributed by atoms with E-state index in [9.17, 15) is 0 Å². The minimum absolute atomic E-state index is 0.101. The summed E-state index contributed by atoms with van der Waals surface area (Å²) in [5.41, 5.74) is 14.2. The average molecular weight is 656 g/mol. The first kappa shape index (κ1) is 31.6. The van der Waals surface area contributed by atoms with E-state index in [-0.39, 0.29) is 6.71 Å². The first-order valence-electron chi connectivity index (χ1n) is 17.6. The summed E-state index contributed by atoms with van der Waals surface area (Å²) in [5, 5.41) is 0. The van der Waals surface area contributed by atoms with Crippen molar-refractivity contribution in [2.45, 2.75) is 69.1 Å². The molecule has 8 rings (SSSR count). The maximum absolute atomic E-state index is 6.74. The van der Waals surface area contributed by atoms with Gasteiger partial charge < -0.3 is 9.64 Å². The third kappa shape index (κ3) is 5.57. The van der Waals surface area contributed by atoms with E-state index >= 15 is 0 Å². The van der Waals surface area contributed by atoms with Crippen molar-refractivity contribution in [2.75, 3.05) is 4.90 Å². The van der Waals surface area contributed by atoms with E-state index in [4.69, 9.17) is 4.74 Å². The van der Waals surface area contributed by atoms with Crippen molar-refractivity contribution in [3.63, 3.8) is 0 Å². The van der Waals surface area contributed by atoms with Crippen LogP contribution in [0, 0.1) is 0 Å². The molecule has 2 aliphatic rings. The van der Waals surface area contributed by atoms with Crippen molar-refractivity contribution in [2.24, 2.45) is 0 Å². The molecule has 49 heavy (non-hydrogen) atoms. The van der Waals surface area contributed by atoms with Crippen LogP contribution in [-0.2, 0) is 0 Å². The topological polar surface area (TPSA) is 12.5 Å². The summed E-state index contributed by atoms with van der Waals surface area (Å²) < 4.78 is 6.74. The molecule has 0 amide bonds. The molecule has 2 aliphatic heterocycles. The largest absolute Gasteiger partial charge is 0.458 e. The van der Waals surface area contributed by atoms with E-state index in [1.54, 1.807) is 0 Å². The summed E-state index contributed by atoms with van der Waals surface area (Å²) in [5.74, 6) is 3.17. The quantitative estimate of drug-likeness (QED) is 0.165. The monoisotopic (exact) mass is 655 g/mol. The smallest absolute Gasteiger partial charge is 0.251 e. The van der Waals surface area contributed by atoms with E-state index in [1.807, 2.05) is 11.8 Å². The van der Waals surface area contributed by atoms with E-state index < -0.39 is 0 Å². The highest BCUT2D eigenvalue weighted by molar-refractivity contribution is 7.99. The highest BCUT2D eigenvalue weighted by Gasteiger charge is 2.36. The minimum atomic E-state index is 0.101. The molecule has 2 nitrogen and oxygen atoms in total. The lowest BCUT2D eigenvalue weighted by Crippen LogP contribution is -2.57. The number of anilines is 3. The van der Waals surface area contributed by atoms with Crippen molar-refractivity contribution in [3.05, 3.63) is 144 Å². The maximum atomic E-state index is 6.74. The fraction of sp³-hybridized carbons (Fsp3) is 0.200. The Morgan fingerprint density at radius 1 is 0.531 bits per heavy atom. The lowest BCUT2D eigenvalue weighted by Gasteiger charge is -2.33. The summed E-state index contributed by atoms with van der Waals surface area (Å²) >= 11 is 1.84. The Bertz CT molecular complexity index is 2110. The molecule has 0 saturated heterocycles. The first-order valence-corrected chi connectivity index (χ1v) is 18.4. The van der Waals surface area contributed by atoms with Crippen molar-refractivity contribution >= 4 is 51.9 Å². The highest BCUT2D eigenvalue weighted by Crippen LogP contribution is 2.51. The van der Waals surface area contributed by atoms with Gasteiger partial charge in [-0.3, -0.25) is 0 Å². The van der Waals surface area contributed by atoms with Gasteiger partial charge in [0.1, 0.15) is 11.5 Å². The van der Waals surface area contributed by atoms with Crippen LogP contribution in [-0.4, -0.2) is 6.71 Å². The van der Waals surface area contributed by atoms with E-state index in [2.05, 4.69) is 174 Å². The van der Waals surface area contributed by atoms with Crippen LogP contribution in [0.1, 0.15) is 76.0 Å². The average Bonchev–Trinajstić information content (AvgIpc) is 3.12. The van der Waals surface area contributed by atoms with Gasteiger partial charge in [0, 0.05) is 15.5 Å². The molecule has 0 radical (unpaired) electrons. The van der Waals surface area contributed by atoms with Gasteiger partial charge in [0.05, 0.1) is 11.4 Å². The fourth-order valence-corrected chi connectivity index (χ4v) is 8.64. The number of hydrogen-bond acceptors (Lipinski definition) is 3. The Morgan fingerprint density at radius 3 is 1.69 bits per heavy atom. The molecule has 0 fully saturated rings. The Hall–Kier alpha value is -4.67. The Balaban J connectivity index is 1.22. The van der Waals surface area contributed by atoms with Crippen LogP contribution in [0.2, 0.25) is 0 Å². The molecule has 0 aromatic heterocycles. The third-order valence-electron chi connectivity index (χ3n) is 10.1. The predicted octanol–water partition coefficient (Wildman–Crippen LogP) is 11.3. The van der Waals surface area contributed by atoms with Crippen LogP contribution in [0.3, 0.4) is 0 Å². The summed E-state index contributed by atoms with van der Waals surface area (Å²) in [6.07, 6.45) is 0. The Kier molecular flexibility index (Phi) is 8.16. The second-order valence-electron chi connectivity index (χ2n) is 14.3. The summed E-state index contributed by atoms with van der Waals surface area (Å²) in [6, 6.07) is 46.8. The zero-order valence-electron chi connectivity index (χ0n) is 29.2. The van der Waals surface area contributed by atoms with Gasteiger partial charge >= 0.3 is 0 Å². The van der Waals surface area contributed by atoms with Gasteiger partial charge in [-0.25, -0.2) is 0 Å². The van der Waals surface area contributed by atoms with Crippen LogP contribution in [0.5, 0.6) is 11.5 Å². The van der Waals surface area contributed by atoms with Crippen molar-refractivity contribution in [1.29, 1.82) is 0 Å². The molecule has 2 heterocycles. The second-order valence-corrected chi connectivity index (χ2v) is 15.4. The van der Waals surface area contributed by atoms with E-state index in [1.165, 1.54) is 59.8 Å². The van der Waals surface area contributed by atoms with E-state index in [0.29, 0.717) is 17.8 Å². The molecule has 0 unspecified atom stereocenters. The Morgan fingerprint density at radius 2 is 1.08 bits per heavy atom. The van der Waals surface area contributed by atoms with Crippen LogP contribution in [0.25, 0.3) is 11.1 Å². The van der Waals surface area contributed by atoms with Crippen LogP contribution in [0.4, 0.5) is 17.1 Å². The van der Waals surface area contributed by atoms with Gasteiger partial charge in [-0.15, -0.1) is 0 Å². The van der Waals surface area contributed by atoms with Crippen molar-refractivity contribution in [3.8, 4) is 22.6 Å². The maximum Gasteiger partial charge on any atom is 0.251 e. The second kappa shape index (κ2) is 12.7. The molecule has 0 aliphatic carbocycles. The van der Waals surface area contributed by atoms with E-state index in [0.717, 1.165) is 22.7 Å². The lowest BCUT2D eigenvalue weighted by molar-refractivity contribution is 0.487. The summed E-state index contributed by atoms with van der Waals surface area (Å²) in [7, 11) is 0. The number of hydrogen-bond donors (Lipinski definition) is 0. The third-order valence-corrected chi connectivity index (χ3v) is 11.3. The highest BCUT2D eigenvalue weighted by atomic mass is 32.2. The molecular formula is C45H42BNOS. The summed E-state index contributed by atoms with van der Waals surface area (Å²) in [6.45, 7) is 14.1. The molecule has 6 aromatic rings. The SMILES string of the molecule is CC(C)c1cc(C(C)C)c(B2c3ccccc3Oc3cc(-c4ccc(N5c6ccccc6Sc6ccccc65)cc4)ccc32)c(C(C)C)c1. The first-order chi connectivity index (χ1) is 23.8. The molecule has 0 spiro atoms. The van der Waals surface area contributed by atoms with Gasteiger partial charge in [0.25, 0.3) is 6.71 Å². The molecule has 0 bridgehead atoms. The molecule has 0 atom stereocenters. The standard InChI is InChI=1S/C45H42BNOS/c1-28(2)33-25-35(29(3)4)45(36(26-33)30(5)6)46-37-13-7-10-16-41(37)48-42-27-32(21-24-38(42)46)31-19-22-34(23-20-31)47-39-14-8-11-17-43(39)49-44-18-12-9-15-40(44)47/h7-30H,1-6H3.